The van der Waals surface area contributed by atoms with Crippen LogP contribution in [-0.4, -0.2) is 50.5 Å². The molecule has 0 saturated heterocycles. The number of hydrogen-bond donors (Lipinski definition) is 1. The van der Waals surface area contributed by atoms with Crippen LogP contribution in [0.2, 0.25) is 0 Å². The third-order valence-corrected chi connectivity index (χ3v) is 3.23. The van der Waals surface area contributed by atoms with Crippen molar-refractivity contribution in [3.63, 3.8) is 0 Å². The molecule has 0 bridgehead atoms. The number of aromatic nitrogens is 3. The molecular weight excluding hydrogens is 228 g/mol. The summed E-state index contributed by atoms with van der Waals surface area (Å²) < 4.78 is 1.88. The first-order chi connectivity index (χ1) is 8.58. The van der Waals surface area contributed by atoms with Gasteiger partial charge in [-0.2, -0.15) is 5.10 Å². The van der Waals surface area contributed by atoms with Crippen LogP contribution in [0.15, 0.2) is 6.33 Å². The molecule has 0 aromatic carbocycles. The Kier molecular flexibility index (Phi) is 6.29. The van der Waals surface area contributed by atoms with Gasteiger partial charge in [-0.3, -0.25) is 0 Å². The summed E-state index contributed by atoms with van der Waals surface area (Å²) in [5.74, 6) is 0.872. The lowest BCUT2D eigenvalue weighted by Gasteiger charge is -2.20. The van der Waals surface area contributed by atoms with Crippen molar-refractivity contribution >= 4 is 0 Å². The molecule has 1 unspecified atom stereocenters. The molecule has 104 valence electrons. The predicted molar refractivity (Wildman–Crippen MR) is 72.5 cm³/mol. The summed E-state index contributed by atoms with van der Waals surface area (Å²) in [5.41, 5.74) is 0. The van der Waals surface area contributed by atoms with Gasteiger partial charge in [-0.25, -0.2) is 9.67 Å². The van der Waals surface area contributed by atoms with E-state index in [4.69, 9.17) is 0 Å². The van der Waals surface area contributed by atoms with Crippen molar-refractivity contribution in [1.82, 2.24) is 19.7 Å². The lowest BCUT2D eigenvalue weighted by molar-refractivity contribution is 0.140. The second-order valence-corrected chi connectivity index (χ2v) is 4.89. The fraction of sp³-hybridized carbons (Fsp3) is 0.846. The lowest BCUT2D eigenvalue weighted by atomic mass is 10.1. The van der Waals surface area contributed by atoms with E-state index >= 15 is 0 Å². The summed E-state index contributed by atoms with van der Waals surface area (Å²) in [7, 11) is 0. The van der Waals surface area contributed by atoms with Gasteiger partial charge in [-0.05, 0) is 33.4 Å². The smallest absolute Gasteiger partial charge is 0.138 e. The number of hydrogen-bond acceptors (Lipinski definition) is 4. The van der Waals surface area contributed by atoms with E-state index in [0.29, 0.717) is 6.42 Å². The van der Waals surface area contributed by atoms with Gasteiger partial charge in [0, 0.05) is 19.0 Å². The monoisotopic (exact) mass is 254 g/mol. The van der Waals surface area contributed by atoms with E-state index in [2.05, 4.69) is 42.7 Å². The fourth-order valence-electron chi connectivity index (χ4n) is 2.04. The topological polar surface area (TPSA) is 54.2 Å². The summed E-state index contributed by atoms with van der Waals surface area (Å²) in [4.78, 5) is 6.54. The molecule has 0 aliphatic heterocycles. The van der Waals surface area contributed by atoms with Crippen molar-refractivity contribution in [3.8, 4) is 0 Å². The van der Waals surface area contributed by atoms with Crippen LogP contribution in [0.4, 0.5) is 0 Å². The molecule has 5 nitrogen and oxygen atoms in total. The quantitative estimate of drug-likeness (QED) is 0.764. The highest BCUT2D eigenvalue weighted by Gasteiger charge is 2.13. The first-order valence-electron chi connectivity index (χ1n) is 6.87. The first kappa shape index (κ1) is 15.1. The number of rotatable bonds is 8. The molecule has 0 aliphatic carbocycles. The van der Waals surface area contributed by atoms with Gasteiger partial charge in [0.25, 0.3) is 0 Å². The van der Waals surface area contributed by atoms with E-state index in [-0.39, 0.29) is 12.1 Å². The van der Waals surface area contributed by atoms with Gasteiger partial charge in [-0.15, -0.1) is 0 Å². The minimum atomic E-state index is -0.340. The standard InChI is InChI=1S/C13H26N4O/c1-5-16(6-2)8-7-12(18)9-13-14-10-15-17(13)11(3)4/h10-12,18H,5-9H2,1-4H3. The van der Waals surface area contributed by atoms with Crippen molar-refractivity contribution < 1.29 is 5.11 Å². The van der Waals surface area contributed by atoms with Crippen molar-refractivity contribution in [2.24, 2.45) is 0 Å². The van der Waals surface area contributed by atoms with Gasteiger partial charge in [0.1, 0.15) is 12.2 Å². The SMILES string of the molecule is CCN(CC)CCC(O)Cc1ncnn1C(C)C. The largest absolute Gasteiger partial charge is 0.393 e. The van der Waals surface area contributed by atoms with Crippen molar-refractivity contribution in [2.75, 3.05) is 19.6 Å². The summed E-state index contributed by atoms with van der Waals surface area (Å²) in [5, 5.41) is 14.2. The minimum Gasteiger partial charge on any atom is -0.393 e. The summed E-state index contributed by atoms with van der Waals surface area (Å²) in [6.45, 7) is 11.4. The lowest BCUT2D eigenvalue weighted by Crippen LogP contribution is -2.28. The van der Waals surface area contributed by atoms with Crippen LogP contribution in [0.1, 0.15) is 46.0 Å². The van der Waals surface area contributed by atoms with E-state index in [1.54, 1.807) is 6.33 Å². The maximum Gasteiger partial charge on any atom is 0.138 e. The molecule has 1 aromatic rings. The molecule has 5 heteroatoms. The van der Waals surface area contributed by atoms with E-state index in [1.807, 2.05) is 4.68 Å². The van der Waals surface area contributed by atoms with Gasteiger partial charge in [0.05, 0.1) is 6.10 Å². The summed E-state index contributed by atoms with van der Waals surface area (Å²) >= 11 is 0. The fourth-order valence-corrected chi connectivity index (χ4v) is 2.04. The zero-order chi connectivity index (χ0) is 13.5. The molecule has 0 radical (unpaired) electrons. The Morgan fingerprint density at radius 1 is 1.33 bits per heavy atom. The van der Waals surface area contributed by atoms with Crippen LogP contribution in [0.3, 0.4) is 0 Å². The van der Waals surface area contributed by atoms with E-state index in [0.717, 1.165) is 31.9 Å². The van der Waals surface area contributed by atoms with Crippen LogP contribution >= 0.6 is 0 Å². The Morgan fingerprint density at radius 2 is 2.00 bits per heavy atom. The maximum absolute atomic E-state index is 10.1. The Labute approximate surface area is 110 Å². The Morgan fingerprint density at radius 3 is 2.56 bits per heavy atom. The first-order valence-corrected chi connectivity index (χ1v) is 6.87. The van der Waals surface area contributed by atoms with E-state index in [1.165, 1.54) is 0 Å². The van der Waals surface area contributed by atoms with Crippen LogP contribution in [0.5, 0.6) is 0 Å². The van der Waals surface area contributed by atoms with Crippen molar-refractivity contribution in [2.45, 2.75) is 52.7 Å². The molecule has 0 aliphatic rings. The summed E-state index contributed by atoms with van der Waals surface area (Å²) in [6.07, 6.45) is 2.59. The maximum atomic E-state index is 10.1. The van der Waals surface area contributed by atoms with Gasteiger partial charge < -0.3 is 10.0 Å². The van der Waals surface area contributed by atoms with Gasteiger partial charge in [0.15, 0.2) is 0 Å². The molecule has 1 atom stereocenters. The number of aliphatic hydroxyl groups is 1. The second kappa shape index (κ2) is 7.48. The molecule has 1 N–H and O–H groups in total. The summed E-state index contributed by atoms with van der Waals surface area (Å²) in [6, 6.07) is 0.289. The van der Waals surface area contributed by atoms with Gasteiger partial charge in [-0.1, -0.05) is 13.8 Å². The number of nitrogens with zero attached hydrogens (tertiary/aromatic N) is 4. The molecule has 18 heavy (non-hydrogen) atoms. The van der Waals surface area contributed by atoms with Crippen LogP contribution < -0.4 is 0 Å². The molecule has 0 amide bonds. The third-order valence-electron chi connectivity index (χ3n) is 3.23. The molecule has 0 saturated carbocycles. The average Bonchev–Trinajstić information content (AvgIpc) is 2.78. The molecule has 0 spiro atoms. The van der Waals surface area contributed by atoms with Crippen LogP contribution in [-0.2, 0) is 6.42 Å². The minimum absolute atomic E-state index is 0.289. The zero-order valence-electron chi connectivity index (χ0n) is 12.0. The Hall–Kier alpha value is -0.940. The molecule has 1 aromatic heterocycles. The zero-order valence-corrected chi connectivity index (χ0v) is 12.0. The highest BCUT2D eigenvalue weighted by atomic mass is 16.3. The Balaban J connectivity index is 2.44. The van der Waals surface area contributed by atoms with Crippen LogP contribution in [0, 0.1) is 0 Å². The molecule has 1 heterocycles. The third kappa shape index (κ3) is 4.38. The molecule has 0 fully saturated rings. The van der Waals surface area contributed by atoms with Gasteiger partial charge >= 0.3 is 0 Å². The number of aliphatic hydroxyl groups excluding tert-OH is 1. The normalized spacial score (nSPS) is 13.5. The predicted octanol–water partition coefficient (Wildman–Crippen LogP) is 1.49. The van der Waals surface area contributed by atoms with Crippen LogP contribution in [0.25, 0.3) is 0 Å². The molecule has 1 rings (SSSR count). The van der Waals surface area contributed by atoms with Crippen molar-refractivity contribution in [1.29, 1.82) is 0 Å². The highest BCUT2D eigenvalue weighted by Crippen LogP contribution is 2.09. The average molecular weight is 254 g/mol. The second-order valence-electron chi connectivity index (χ2n) is 4.89. The van der Waals surface area contributed by atoms with Gasteiger partial charge in [0.2, 0.25) is 0 Å². The van der Waals surface area contributed by atoms with Crippen molar-refractivity contribution in [3.05, 3.63) is 12.2 Å². The molecular formula is C13H26N4O. The van der Waals surface area contributed by atoms with E-state index < -0.39 is 0 Å². The Bertz CT molecular complexity index is 333. The highest BCUT2D eigenvalue weighted by molar-refractivity contribution is 4.89. The van der Waals surface area contributed by atoms with E-state index in [9.17, 15) is 5.11 Å².